The molecular formula is C14H26N2O2. The predicted molar refractivity (Wildman–Crippen MR) is 71.1 cm³/mol. The van der Waals surface area contributed by atoms with E-state index in [2.05, 4.69) is 10.6 Å². The summed E-state index contributed by atoms with van der Waals surface area (Å²) in [6.07, 6.45) is 5.59. The van der Waals surface area contributed by atoms with E-state index in [0.29, 0.717) is 5.92 Å². The number of hydrogen-bond donors (Lipinski definition) is 3. The second-order valence-corrected chi connectivity index (χ2v) is 6.11. The lowest BCUT2D eigenvalue weighted by molar-refractivity contribution is -0.127. The summed E-state index contributed by atoms with van der Waals surface area (Å²) in [6.45, 7) is 4.94. The molecule has 4 heteroatoms. The van der Waals surface area contributed by atoms with E-state index in [1.165, 1.54) is 12.8 Å². The zero-order valence-electron chi connectivity index (χ0n) is 11.4. The number of carbonyl (C=O) groups excluding carboxylic acids is 1. The van der Waals surface area contributed by atoms with E-state index < -0.39 is 0 Å². The Balaban J connectivity index is 1.79. The van der Waals surface area contributed by atoms with Crippen LogP contribution in [-0.2, 0) is 4.79 Å². The van der Waals surface area contributed by atoms with Crippen LogP contribution in [0.1, 0.15) is 39.0 Å². The lowest BCUT2D eigenvalue weighted by Gasteiger charge is -2.33. The molecule has 1 heterocycles. The van der Waals surface area contributed by atoms with Crippen LogP contribution >= 0.6 is 0 Å². The van der Waals surface area contributed by atoms with Crippen molar-refractivity contribution in [3.63, 3.8) is 0 Å². The minimum absolute atomic E-state index is 0.110. The van der Waals surface area contributed by atoms with Gasteiger partial charge in [-0.1, -0.05) is 19.8 Å². The Hall–Kier alpha value is -0.610. The summed E-state index contributed by atoms with van der Waals surface area (Å²) in [5.74, 6) is 0.798. The van der Waals surface area contributed by atoms with Crippen LogP contribution < -0.4 is 10.6 Å². The van der Waals surface area contributed by atoms with Gasteiger partial charge < -0.3 is 15.7 Å². The van der Waals surface area contributed by atoms with Crippen LogP contribution in [0.25, 0.3) is 0 Å². The molecular weight excluding hydrogens is 228 g/mol. The number of rotatable bonds is 6. The molecule has 1 unspecified atom stereocenters. The Morgan fingerprint density at radius 3 is 2.61 bits per heavy atom. The van der Waals surface area contributed by atoms with Crippen molar-refractivity contribution in [2.24, 2.45) is 17.3 Å². The average molecular weight is 254 g/mol. The highest BCUT2D eigenvalue weighted by molar-refractivity contribution is 5.78. The largest absolute Gasteiger partial charge is 0.396 e. The molecule has 1 aliphatic carbocycles. The molecule has 4 nitrogen and oxygen atoms in total. The van der Waals surface area contributed by atoms with Crippen molar-refractivity contribution in [1.82, 2.24) is 10.6 Å². The van der Waals surface area contributed by atoms with Gasteiger partial charge in [0.15, 0.2) is 0 Å². The van der Waals surface area contributed by atoms with Crippen LogP contribution in [-0.4, -0.2) is 37.3 Å². The van der Waals surface area contributed by atoms with Gasteiger partial charge in [-0.25, -0.2) is 0 Å². The maximum absolute atomic E-state index is 12.1. The molecule has 0 spiro atoms. The maximum atomic E-state index is 12.1. The maximum Gasteiger partial charge on any atom is 0.223 e. The van der Waals surface area contributed by atoms with Crippen LogP contribution in [0, 0.1) is 17.3 Å². The Morgan fingerprint density at radius 2 is 2.11 bits per heavy atom. The second kappa shape index (κ2) is 6.02. The van der Waals surface area contributed by atoms with Crippen LogP contribution in [0.5, 0.6) is 0 Å². The van der Waals surface area contributed by atoms with Crippen LogP contribution in [0.3, 0.4) is 0 Å². The minimum Gasteiger partial charge on any atom is -0.396 e. The van der Waals surface area contributed by atoms with Crippen molar-refractivity contribution in [3.8, 4) is 0 Å². The van der Waals surface area contributed by atoms with Crippen molar-refractivity contribution in [2.75, 3.05) is 26.2 Å². The Labute approximate surface area is 110 Å². The highest BCUT2D eigenvalue weighted by atomic mass is 16.3. The lowest BCUT2D eigenvalue weighted by atomic mass is 9.82. The molecule has 0 aromatic heterocycles. The molecule has 0 aromatic rings. The lowest BCUT2D eigenvalue weighted by Crippen LogP contribution is -2.50. The molecule has 1 atom stereocenters. The SMILES string of the molecule is CC(C(=O)NCC1(CCO)CCCC1)C1CNC1. The van der Waals surface area contributed by atoms with Gasteiger partial charge in [-0.05, 0) is 43.7 Å². The Kier molecular flexibility index (Phi) is 4.62. The topological polar surface area (TPSA) is 61.4 Å². The van der Waals surface area contributed by atoms with Crippen molar-refractivity contribution in [2.45, 2.75) is 39.0 Å². The molecule has 3 N–H and O–H groups in total. The first-order chi connectivity index (χ1) is 8.67. The molecule has 1 aliphatic heterocycles. The zero-order chi connectivity index (χ0) is 13.0. The third kappa shape index (κ3) is 3.04. The van der Waals surface area contributed by atoms with Gasteiger partial charge in [0, 0.05) is 19.1 Å². The first-order valence-corrected chi connectivity index (χ1v) is 7.26. The third-order valence-corrected chi connectivity index (χ3v) is 4.88. The highest BCUT2D eigenvalue weighted by Crippen LogP contribution is 2.40. The third-order valence-electron chi connectivity index (χ3n) is 4.88. The Morgan fingerprint density at radius 1 is 1.44 bits per heavy atom. The molecule has 1 saturated carbocycles. The highest BCUT2D eigenvalue weighted by Gasteiger charge is 2.35. The van der Waals surface area contributed by atoms with Gasteiger partial charge in [-0.15, -0.1) is 0 Å². The summed E-state index contributed by atoms with van der Waals surface area (Å²) in [5.41, 5.74) is 0.169. The quantitative estimate of drug-likeness (QED) is 0.660. The fraction of sp³-hybridized carbons (Fsp3) is 0.929. The molecule has 0 radical (unpaired) electrons. The summed E-state index contributed by atoms with van der Waals surface area (Å²) in [4.78, 5) is 12.1. The van der Waals surface area contributed by atoms with E-state index in [1.807, 2.05) is 6.92 Å². The number of amides is 1. The van der Waals surface area contributed by atoms with Crippen LogP contribution in [0.15, 0.2) is 0 Å². The van der Waals surface area contributed by atoms with Gasteiger partial charge in [0.05, 0.1) is 0 Å². The number of nitrogens with one attached hydrogen (secondary N) is 2. The summed E-state index contributed by atoms with van der Waals surface area (Å²) in [6, 6.07) is 0. The number of carbonyl (C=O) groups is 1. The normalized spacial score (nSPS) is 24.6. The number of aliphatic hydroxyl groups excluding tert-OH is 1. The predicted octanol–water partition coefficient (Wildman–Crippen LogP) is 0.901. The van der Waals surface area contributed by atoms with Gasteiger partial charge in [-0.2, -0.15) is 0 Å². The fourth-order valence-corrected chi connectivity index (χ4v) is 3.19. The van der Waals surface area contributed by atoms with Gasteiger partial charge >= 0.3 is 0 Å². The molecule has 0 bridgehead atoms. The first-order valence-electron chi connectivity index (χ1n) is 7.26. The van der Waals surface area contributed by atoms with Crippen molar-refractivity contribution in [1.29, 1.82) is 0 Å². The molecule has 0 aromatic carbocycles. The molecule has 1 amide bonds. The monoisotopic (exact) mass is 254 g/mol. The van der Waals surface area contributed by atoms with Crippen molar-refractivity contribution < 1.29 is 9.90 Å². The number of aliphatic hydroxyl groups is 1. The minimum atomic E-state index is 0.110. The molecule has 1 saturated heterocycles. The molecule has 2 fully saturated rings. The number of hydrogen-bond acceptors (Lipinski definition) is 3. The van der Waals surface area contributed by atoms with Gasteiger partial charge in [0.1, 0.15) is 0 Å². The van der Waals surface area contributed by atoms with Crippen LogP contribution in [0.4, 0.5) is 0 Å². The van der Waals surface area contributed by atoms with Gasteiger partial charge in [0.2, 0.25) is 5.91 Å². The Bertz CT molecular complexity index is 284. The summed E-state index contributed by atoms with van der Waals surface area (Å²) in [7, 11) is 0. The van der Waals surface area contributed by atoms with Crippen molar-refractivity contribution >= 4 is 5.91 Å². The molecule has 2 rings (SSSR count). The molecule has 18 heavy (non-hydrogen) atoms. The summed E-state index contributed by atoms with van der Waals surface area (Å²) < 4.78 is 0. The second-order valence-electron chi connectivity index (χ2n) is 6.11. The van der Waals surface area contributed by atoms with E-state index in [-0.39, 0.29) is 23.8 Å². The zero-order valence-corrected chi connectivity index (χ0v) is 11.4. The molecule has 104 valence electrons. The standard InChI is InChI=1S/C14H26N2O2/c1-11(12-8-15-9-12)13(18)16-10-14(6-7-17)4-2-3-5-14/h11-12,15,17H,2-10H2,1H3,(H,16,18). The van der Waals surface area contributed by atoms with Gasteiger partial charge in [-0.3, -0.25) is 4.79 Å². The van der Waals surface area contributed by atoms with Gasteiger partial charge in [0.25, 0.3) is 0 Å². The van der Waals surface area contributed by atoms with E-state index in [0.717, 1.165) is 38.9 Å². The van der Waals surface area contributed by atoms with Crippen molar-refractivity contribution in [3.05, 3.63) is 0 Å². The molecule has 2 aliphatic rings. The summed E-state index contributed by atoms with van der Waals surface area (Å²) in [5, 5.41) is 15.5. The van der Waals surface area contributed by atoms with E-state index >= 15 is 0 Å². The average Bonchev–Trinajstić information content (AvgIpc) is 2.73. The smallest absolute Gasteiger partial charge is 0.223 e. The van der Waals surface area contributed by atoms with E-state index in [4.69, 9.17) is 0 Å². The van der Waals surface area contributed by atoms with E-state index in [9.17, 15) is 9.90 Å². The first kappa shape index (κ1) is 13.8. The summed E-state index contributed by atoms with van der Waals surface area (Å²) >= 11 is 0. The van der Waals surface area contributed by atoms with E-state index in [1.54, 1.807) is 0 Å². The fourth-order valence-electron chi connectivity index (χ4n) is 3.19. The van der Waals surface area contributed by atoms with Crippen LogP contribution in [0.2, 0.25) is 0 Å².